The van der Waals surface area contributed by atoms with Gasteiger partial charge in [-0.2, -0.15) is 0 Å². The number of ketones is 1. The molecule has 0 amide bonds. The van der Waals surface area contributed by atoms with Crippen molar-refractivity contribution < 1.29 is 14.3 Å². The molecule has 3 aromatic carbocycles. The molecule has 0 heterocycles. The van der Waals surface area contributed by atoms with E-state index < -0.39 is 0 Å². The maximum absolute atomic E-state index is 11.8. The van der Waals surface area contributed by atoms with Crippen molar-refractivity contribution in [1.82, 2.24) is 0 Å². The zero-order valence-corrected chi connectivity index (χ0v) is 14.5. The Balaban J connectivity index is 1.99. The summed E-state index contributed by atoms with van der Waals surface area (Å²) in [6.07, 6.45) is 2.31. The summed E-state index contributed by atoms with van der Waals surface area (Å²) in [6.45, 7) is 3.10. The van der Waals surface area contributed by atoms with E-state index in [2.05, 4.69) is 30.3 Å². The van der Waals surface area contributed by atoms with Crippen LogP contribution in [0.2, 0.25) is 0 Å². The van der Waals surface area contributed by atoms with E-state index >= 15 is 0 Å². The van der Waals surface area contributed by atoms with Crippen LogP contribution in [-0.2, 0) is 22.4 Å². The van der Waals surface area contributed by atoms with Gasteiger partial charge < -0.3 is 4.74 Å². The third-order valence-corrected chi connectivity index (χ3v) is 5.18. The van der Waals surface area contributed by atoms with Crippen molar-refractivity contribution in [2.45, 2.75) is 33.1 Å². The number of benzene rings is 3. The highest BCUT2D eigenvalue weighted by molar-refractivity contribution is 6.02. The van der Waals surface area contributed by atoms with E-state index in [0.717, 1.165) is 51.9 Å². The van der Waals surface area contributed by atoms with E-state index in [1.54, 1.807) is 6.92 Å². The van der Waals surface area contributed by atoms with Gasteiger partial charge in [0.2, 0.25) is 0 Å². The highest BCUT2D eigenvalue weighted by Gasteiger charge is 2.26. The van der Waals surface area contributed by atoms with Crippen LogP contribution < -0.4 is 4.74 Å². The van der Waals surface area contributed by atoms with Gasteiger partial charge in [0.25, 0.3) is 0 Å². The number of Topliss-reactive ketones (excluding diaryl/α,β-unsaturated/α-hetero) is 1. The van der Waals surface area contributed by atoms with Crippen LogP contribution in [0.25, 0.3) is 21.5 Å². The first-order valence-corrected chi connectivity index (χ1v) is 8.69. The third-order valence-electron chi connectivity index (χ3n) is 5.18. The number of carbonyl (C=O) groups is 2. The summed E-state index contributed by atoms with van der Waals surface area (Å²) >= 11 is 0. The predicted molar refractivity (Wildman–Crippen MR) is 99.0 cm³/mol. The van der Waals surface area contributed by atoms with Gasteiger partial charge in [-0.1, -0.05) is 30.3 Å². The molecule has 0 aliphatic heterocycles. The number of rotatable bonds is 2. The van der Waals surface area contributed by atoms with E-state index in [9.17, 15) is 9.59 Å². The molecule has 0 bridgehead atoms. The maximum Gasteiger partial charge on any atom is 0.308 e. The first-order chi connectivity index (χ1) is 12.0. The minimum absolute atomic E-state index is 0.0654. The van der Waals surface area contributed by atoms with Gasteiger partial charge in [0.15, 0.2) is 0 Å². The van der Waals surface area contributed by atoms with Crippen molar-refractivity contribution in [3.8, 4) is 5.75 Å². The lowest BCUT2D eigenvalue weighted by molar-refractivity contribution is -0.132. The molecule has 3 heteroatoms. The SMILES string of the molecule is CC(=O)Oc1c2c(cc3cc4ccccc4cc13)CC(C(C)=O)CC2. The smallest absolute Gasteiger partial charge is 0.308 e. The number of ether oxygens (including phenoxy) is 1. The Morgan fingerprint density at radius 2 is 1.72 bits per heavy atom. The van der Waals surface area contributed by atoms with Crippen molar-refractivity contribution in [2.75, 3.05) is 0 Å². The quantitative estimate of drug-likeness (QED) is 0.391. The molecule has 0 fully saturated rings. The van der Waals surface area contributed by atoms with Crippen LogP contribution in [0.3, 0.4) is 0 Å². The molecule has 25 heavy (non-hydrogen) atoms. The van der Waals surface area contributed by atoms with Crippen LogP contribution in [0.1, 0.15) is 31.4 Å². The molecule has 0 radical (unpaired) electrons. The number of esters is 1. The molecule has 1 aliphatic carbocycles. The zero-order chi connectivity index (χ0) is 17.6. The highest BCUT2D eigenvalue weighted by atomic mass is 16.5. The molecular formula is C22H20O3. The monoisotopic (exact) mass is 332 g/mol. The van der Waals surface area contributed by atoms with Gasteiger partial charge in [-0.25, -0.2) is 0 Å². The molecule has 0 N–H and O–H groups in total. The van der Waals surface area contributed by atoms with Crippen LogP contribution in [0.15, 0.2) is 42.5 Å². The van der Waals surface area contributed by atoms with E-state index in [1.165, 1.54) is 6.92 Å². The lowest BCUT2D eigenvalue weighted by atomic mass is 9.80. The molecule has 126 valence electrons. The number of hydrogen-bond acceptors (Lipinski definition) is 3. The van der Waals surface area contributed by atoms with Crippen LogP contribution in [0.4, 0.5) is 0 Å². The molecule has 4 rings (SSSR count). The Bertz CT molecular complexity index is 1020. The normalized spacial score (nSPS) is 16.6. The molecule has 3 aromatic rings. The molecule has 1 unspecified atom stereocenters. The van der Waals surface area contributed by atoms with Crippen LogP contribution >= 0.6 is 0 Å². The van der Waals surface area contributed by atoms with Crippen molar-refractivity contribution in [3.05, 3.63) is 53.6 Å². The topological polar surface area (TPSA) is 43.4 Å². The summed E-state index contributed by atoms with van der Waals surface area (Å²) in [5.41, 5.74) is 2.21. The second kappa shape index (κ2) is 5.99. The molecule has 0 saturated carbocycles. The molecule has 1 atom stereocenters. The van der Waals surface area contributed by atoms with Crippen LogP contribution in [0.5, 0.6) is 5.75 Å². The Kier molecular flexibility index (Phi) is 3.79. The fourth-order valence-electron chi connectivity index (χ4n) is 3.91. The van der Waals surface area contributed by atoms with Gasteiger partial charge in [0.05, 0.1) is 0 Å². The lowest BCUT2D eigenvalue weighted by Gasteiger charge is -2.25. The second-order valence-electron chi connectivity index (χ2n) is 6.91. The molecule has 3 nitrogen and oxygen atoms in total. The fourth-order valence-corrected chi connectivity index (χ4v) is 3.91. The molecule has 0 saturated heterocycles. The van der Waals surface area contributed by atoms with Crippen molar-refractivity contribution >= 4 is 33.3 Å². The molecule has 1 aliphatic rings. The lowest BCUT2D eigenvalue weighted by Crippen LogP contribution is -2.21. The molecular weight excluding hydrogens is 312 g/mol. The summed E-state index contributed by atoms with van der Waals surface area (Å²) in [4.78, 5) is 23.5. The Morgan fingerprint density at radius 1 is 1.00 bits per heavy atom. The largest absolute Gasteiger partial charge is 0.426 e. The number of hydrogen-bond donors (Lipinski definition) is 0. The Hall–Kier alpha value is -2.68. The summed E-state index contributed by atoms with van der Waals surface area (Å²) in [5.74, 6) is 0.665. The maximum atomic E-state index is 11.8. The van der Waals surface area contributed by atoms with Gasteiger partial charge in [-0.3, -0.25) is 9.59 Å². The van der Waals surface area contributed by atoms with Gasteiger partial charge in [-0.15, -0.1) is 0 Å². The fraction of sp³-hybridized carbons (Fsp3) is 0.273. The number of fused-ring (bicyclic) bond motifs is 3. The summed E-state index contributed by atoms with van der Waals surface area (Å²) in [5, 5.41) is 4.30. The average Bonchev–Trinajstić information content (AvgIpc) is 2.59. The standard InChI is InChI=1S/C22H20O3/c1-13(23)15-7-8-20-18(9-15)11-19-10-16-5-3-4-6-17(16)12-21(19)22(20)25-14(2)24/h3-6,10-12,15H,7-9H2,1-2H3. The second-order valence-corrected chi connectivity index (χ2v) is 6.91. The Labute approximate surface area is 146 Å². The van der Waals surface area contributed by atoms with E-state index in [-0.39, 0.29) is 17.7 Å². The predicted octanol–water partition coefficient (Wildman–Crippen LogP) is 4.61. The zero-order valence-electron chi connectivity index (χ0n) is 14.5. The minimum Gasteiger partial charge on any atom is -0.426 e. The van der Waals surface area contributed by atoms with E-state index in [4.69, 9.17) is 4.74 Å². The van der Waals surface area contributed by atoms with Gasteiger partial charge in [-0.05, 0) is 65.6 Å². The summed E-state index contributed by atoms with van der Waals surface area (Å²) in [6, 6.07) is 14.6. The first-order valence-electron chi connectivity index (χ1n) is 8.69. The first kappa shape index (κ1) is 15.8. The molecule has 0 aromatic heterocycles. The van der Waals surface area contributed by atoms with E-state index in [1.807, 2.05) is 12.1 Å². The van der Waals surface area contributed by atoms with Crippen molar-refractivity contribution in [1.29, 1.82) is 0 Å². The van der Waals surface area contributed by atoms with Gasteiger partial charge in [0.1, 0.15) is 11.5 Å². The number of carbonyl (C=O) groups excluding carboxylic acids is 2. The van der Waals surface area contributed by atoms with E-state index in [0.29, 0.717) is 5.75 Å². The highest BCUT2D eigenvalue weighted by Crippen LogP contribution is 2.40. The van der Waals surface area contributed by atoms with Crippen LogP contribution in [0, 0.1) is 5.92 Å². The molecule has 0 spiro atoms. The van der Waals surface area contributed by atoms with Gasteiger partial charge >= 0.3 is 5.97 Å². The van der Waals surface area contributed by atoms with Crippen molar-refractivity contribution in [2.24, 2.45) is 5.92 Å². The average molecular weight is 332 g/mol. The van der Waals surface area contributed by atoms with Gasteiger partial charge in [0, 0.05) is 18.2 Å². The van der Waals surface area contributed by atoms with Crippen molar-refractivity contribution in [3.63, 3.8) is 0 Å². The minimum atomic E-state index is -0.309. The summed E-state index contributed by atoms with van der Waals surface area (Å²) < 4.78 is 5.65. The summed E-state index contributed by atoms with van der Waals surface area (Å²) in [7, 11) is 0. The van der Waals surface area contributed by atoms with Crippen LogP contribution in [-0.4, -0.2) is 11.8 Å². The third kappa shape index (κ3) is 2.80. The Morgan fingerprint density at radius 3 is 2.40 bits per heavy atom.